The number of carbonyl (C=O) groups is 1. The number of hydrogen-bond acceptors (Lipinski definition) is 6. The van der Waals surface area contributed by atoms with Crippen molar-refractivity contribution in [2.24, 2.45) is 0 Å². The lowest BCUT2D eigenvalue weighted by molar-refractivity contribution is -0.384. The smallest absolute Gasteiger partial charge is 0.269 e. The molecule has 0 aliphatic heterocycles. The number of amides is 1. The number of nitrogens with zero attached hydrogens (tertiary/aromatic N) is 2. The summed E-state index contributed by atoms with van der Waals surface area (Å²) in [6.45, 7) is 0.883. The van der Waals surface area contributed by atoms with Crippen LogP contribution in [0.5, 0.6) is 0 Å². The highest BCUT2D eigenvalue weighted by Crippen LogP contribution is 2.16. The Morgan fingerprint density at radius 3 is 2.65 bits per heavy atom. The average Bonchev–Trinajstić information content (AvgIpc) is 3.07. The van der Waals surface area contributed by atoms with Crippen molar-refractivity contribution in [3.63, 3.8) is 0 Å². The number of nitrogens with one attached hydrogen (secondary N) is 2. The monoisotopic (exact) mass is 352 g/mol. The van der Waals surface area contributed by atoms with Gasteiger partial charge in [0.05, 0.1) is 4.92 Å². The average molecular weight is 352 g/mol. The van der Waals surface area contributed by atoms with Crippen molar-refractivity contribution < 1.29 is 14.1 Å². The quantitative estimate of drug-likeness (QED) is 0.293. The zero-order valence-corrected chi connectivity index (χ0v) is 13.7. The second-order valence-electron chi connectivity index (χ2n) is 5.37. The first kappa shape index (κ1) is 17.2. The molecular weight excluding hydrogens is 336 g/mol. The number of oxazole rings is 1. The van der Waals surface area contributed by atoms with Crippen molar-refractivity contribution in [1.82, 2.24) is 10.3 Å². The van der Waals surface area contributed by atoms with E-state index in [1.165, 1.54) is 24.3 Å². The largest absolute Gasteiger partial charge is 0.437 e. The molecule has 3 rings (SSSR count). The molecule has 1 heterocycles. The fraction of sp³-hybridized carbons (Fsp3) is 0.111. The molecule has 0 bridgehead atoms. The molecule has 8 heteroatoms. The van der Waals surface area contributed by atoms with Gasteiger partial charge in [0.15, 0.2) is 5.58 Å². The summed E-state index contributed by atoms with van der Waals surface area (Å²) >= 11 is 0. The first-order chi connectivity index (χ1) is 12.6. The third kappa shape index (κ3) is 4.44. The number of fused-ring (bicyclic) bond motifs is 1. The Morgan fingerprint density at radius 1 is 1.15 bits per heavy atom. The normalized spacial score (nSPS) is 10.9. The van der Waals surface area contributed by atoms with Crippen LogP contribution in [-0.2, 0) is 4.79 Å². The molecule has 132 valence electrons. The first-order valence-electron chi connectivity index (χ1n) is 7.91. The van der Waals surface area contributed by atoms with Crippen molar-refractivity contribution in [2.45, 2.75) is 0 Å². The van der Waals surface area contributed by atoms with Gasteiger partial charge in [-0.1, -0.05) is 12.1 Å². The van der Waals surface area contributed by atoms with E-state index < -0.39 is 4.92 Å². The van der Waals surface area contributed by atoms with Gasteiger partial charge in [0, 0.05) is 43.1 Å². The van der Waals surface area contributed by atoms with Gasteiger partial charge in [-0.25, -0.2) is 4.98 Å². The third-order valence-corrected chi connectivity index (χ3v) is 3.52. The fourth-order valence-corrected chi connectivity index (χ4v) is 2.26. The minimum Gasteiger partial charge on any atom is -0.437 e. The minimum atomic E-state index is -0.451. The van der Waals surface area contributed by atoms with Crippen LogP contribution in [-0.4, -0.2) is 28.9 Å². The SMILES string of the molecule is O=C(/C=C/c1nc2ccccc2o1)NCCNc1ccc([N+](=O)[O-])cc1. The van der Waals surface area contributed by atoms with Crippen LogP contribution in [0.4, 0.5) is 11.4 Å². The lowest BCUT2D eigenvalue weighted by Crippen LogP contribution is -2.27. The number of aromatic nitrogens is 1. The van der Waals surface area contributed by atoms with Gasteiger partial charge in [-0.2, -0.15) is 0 Å². The Kier molecular flexibility index (Phi) is 5.23. The minimum absolute atomic E-state index is 0.0354. The summed E-state index contributed by atoms with van der Waals surface area (Å²) in [6, 6.07) is 13.4. The Morgan fingerprint density at radius 2 is 1.92 bits per heavy atom. The standard InChI is InChI=1S/C18H16N4O4/c23-17(9-10-18-21-15-3-1-2-4-16(15)26-18)20-12-11-19-13-5-7-14(8-6-13)22(24)25/h1-10,19H,11-12H2,(H,20,23)/b10-9+. The maximum absolute atomic E-state index is 11.8. The molecule has 0 saturated heterocycles. The summed E-state index contributed by atoms with van der Waals surface area (Å²) in [7, 11) is 0. The number of benzene rings is 2. The fourth-order valence-electron chi connectivity index (χ4n) is 2.26. The highest BCUT2D eigenvalue weighted by molar-refractivity contribution is 5.91. The van der Waals surface area contributed by atoms with E-state index >= 15 is 0 Å². The van der Waals surface area contributed by atoms with E-state index in [-0.39, 0.29) is 11.6 Å². The van der Waals surface area contributed by atoms with Crippen molar-refractivity contribution in [1.29, 1.82) is 0 Å². The van der Waals surface area contributed by atoms with Gasteiger partial charge in [0.25, 0.3) is 5.69 Å². The predicted octanol–water partition coefficient (Wildman–Crippen LogP) is 2.98. The third-order valence-electron chi connectivity index (χ3n) is 3.52. The van der Waals surface area contributed by atoms with Gasteiger partial charge < -0.3 is 15.1 Å². The maximum atomic E-state index is 11.8. The van der Waals surface area contributed by atoms with Crippen LogP contribution in [0.25, 0.3) is 17.2 Å². The van der Waals surface area contributed by atoms with Crippen LogP contribution in [0.3, 0.4) is 0 Å². The van der Waals surface area contributed by atoms with Crippen LogP contribution in [0, 0.1) is 10.1 Å². The molecule has 0 fully saturated rings. The highest BCUT2D eigenvalue weighted by atomic mass is 16.6. The van der Waals surface area contributed by atoms with Crippen LogP contribution >= 0.6 is 0 Å². The van der Waals surface area contributed by atoms with Crippen molar-refractivity contribution >= 4 is 34.5 Å². The molecule has 0 atom stereocenters. The van der Waals surface area contributed by atoms with E-state index in [1.54, 1.807) is 12.1 Å². The summed E-state index contributed by atoms with van der Waals surface area (Å²) in [6.07, 6.45) is 2.87. The Bertz CT molecular complexity index is 914. The second kappa shape index (κ2) is 7.93. The molecule has 2 aromatic carbocycles. The number of nitro groups is 1. The molecule has 0 spiro atoms. The number of non-ortho nitro benzene ring substituents is 1. The number of hydrogen-bond donors (Lipinski definition) is 2. The molecule has 0 aliphatic rings. The van der Waals surface area contributed by atoms with E-state index in [2.05, 4.69) is 15.6 Å². The lowest BCUT2D eigenvalue weighted by Gasteiger charge is -2.06. The molecule has 2 N–H and O–H groups in total. The van der Waals surface area contributed by atoms with E-state index in [9.17, 15) is 14.9 Å². The topological polar surface area (TPSA) is 110 Å². The molecule has 0 unspecified atom stereocenters. The van der Waals surface area contributed by atoms with Crippen molar-refractivity contribution in [2.75, 3.05) is 18.4 Å². The summed E-state index contributed by atoms with van der Waals surface area (Å²) in [5, 5.41) is 16.4. The van der Waals surface area contributed by atoms with Crippen LogP contribution in [0.15, 0.2) is 59.0 Å². The van der Waals surface area contributed by atoms with E-state index in [1.807, 2.05) is 24.3 Å². The molecule has 1 aromatic heterocycles. The highest BCUT2D eigenvalue weighted by Gasteiger charge is 2.04. The Balaban J connectivity index is 1.43. The number of carbonyl (C=O) groups excluding carboxylic acids is 1. The second-order valence-corrected chi connectivity index (χ2v) is 5.37. The summed E-state index contributed by atoms with van der Waals surface area (Å²) in [5.41, 5.74) is 2.18. The van der Waals surface area contributed by atoms with Crippen molar-refractivity contribution in [3.8, 4) is 0 Å². The zero-order chi connectivity index (χ0) is 18.4. The molecule has 26 heavy (non-hydrogen) atoms. The number of rotatable bonds is 7. The van der Waals surface area contributed by atoms with E-state index in [0.29, 0.717) is 24.6 Å². The van der Waals surface area contributed by atoms with Gasteiger partial charge in [-0.05, 0) is 24.3 Å². The molecule has 3 aromatic rings. The van der Waals surface area contributed by atoms with Gasteiger partial charge in [-0.3, -0.25) is 14.9 Å². The summed E-state index contributed by atoms with van der Waals surface area (Å²) < 4.78 is 5.49. The molecule has 0 aliphatic carbocycles. The van der Waals surface area contributed by atoms with Gasteiger partial charge in [0.1, 0.15) is 5.52 Å². The summed E-state index contributed by atoms with van der Waals surface area (Å²) in [4.78, 5) is 26.2. The van der Waals surface area contributed by atoms with E-state index in [0.717, 1.165) is 11.2 Å². The molecular formula is C18H16N4O4. The molecule has 0 radical (unpaired) electrons. The van der Waals surface area contributed by atoms with Gasteiger partial charge in [-0.15, -0.1) is 0 Å². The molecule has 1 amide bonds. The number of para-hydroxylation sites is 2. The van der Waals surface area contributed by atoms with E-state index in [4.69, 9.17) is 4.42 Å². The van der Waals surface area contributed by atoms with Crippen LogP contribution < -0.4 is 10.6 Å². The lowest BCUT2D eigenvalue weighted by atomic mass is 10.3. The number of anilines is 1. The van der Waals surface area contributed by atoms with Gasteiger partial charge >= 0.3 is 0 Å². The summed E-state index contributed by atoms with van der Waals surface area (Å²) in [5.74, 6) is 0.100. The first-order valence-corrected chi connectivity index (χ1v) is 7.91. The van der Waals surface area contributed by atoms with Crippen LogP contribution in [0.1, 0.15) is 5.89 Å². The molecule has 8 nitrogen and oxygen atoms in total. The number of nitro benzene ring substituents is 1. The molecule has 0 saturated carbocycles. The Labute approximate surface area is 148 Å². The van der Waals surface area contributed by atoms with Gasteiger partial charge in [0.2, 0.25) is 11.8 Å². The maximum Gasteiger partial charge on any atom is 0.269 e. The predicted molar refractivity (Wildman–Crippen MR) is 97.6 cm³/mol. The van der Waals surface area contributed by atoms with Crippen LogP contribution in [0.2, 0.25) is 0 Å². The Hall–Kier alpha value is -3.68. The zero-order valence-electron chi connectivity index (χ0n) is 13.7. The van der Waals surface area contributed by atoms with Crippen molar-refractivity contribution in [3.05, 3.63) is 70.6 Å².